The van der Waals surface area contributed by atoms with Gasteiger partial charge in [0, 0.05) is 20.2 Å². The van der Waals surface area contributed by atoms with Crippen LogP contribution in [0.3, 0.4) is 0 Å². The lowest BCUT2D eigenvalue weighted by Crippen LogP contribution is -2.56. The maximum Gasteiger partial charge on any atom is 0.336 e. The van der Waals surface area contributed by atoms with Crippen molar-refractivity contribution in [1.29, 1.82) is 0 Å². The number of aromatic nitrogens is 1. The van der Waals surface area contributed by atoms with E-state index in [-0.39, 0.29) is 24.0 Å². The van der Waals surface area contributed by atoms with Crippen LogP contribution in [0.25, 0.3) is 10.9 Å². The molecule has 0 bridgehead atoms. The summed E-state index contributed by atoms with van der Waals surface area (Å²) in [5, 5.41) is 6.33. The number of fused-ring (bicyclic) bond motifs is 1. The zero-order chi connectivity index (χ0) is 29.7. The first-order chi connectivity index (χ1) is 17.9. The number of likely N-dealkylation sites (N-methyl/N-ethyl adjacent to an activating group) is 1. The van der Waals surface area contributed by atoms with E-state index < -0.39 is 41.0 Å². The average molecular weight is 544 g/mol. The summed E-state index contributed by atoms with van der Waals surface area (Å²) in [6.45, 7) is 14.8. The van der Waals surface area contributed by atoms with Crippen molar-refractivity contribution in [3.8, 4) is 0 Å². The number of rotatable bonds is 10. The molecule has 1 aromatic carbocycles. The minimum atomic E-state index is -1.20. The molecule has 216 valence electrons. The third-order valence-electron chi connectivity index (χ3n) is 6.35. The summed E-state index contributed by atoms with van der Waals surface area (Å²) in [4.78, 5) is 51.7. The minimum absolute atomic E-state index is 0.0444. The van der Waals surface area contributed by atoms with Gasteiger partial charge in [0.2, 0.25) is 11.8 Å². The highest BCUT2D eigenvalue weighted by atomic mass is 16.6. The highest BCUT2D eigenvalue weighted by Crippen LogP contribution is 2.26. The highest BCUT2D eigenvalue weighted by Gasteiger charge is 2.41. The summed E-state index contributed by atoms with van der Waals surface area (Å²) in [5.41, 5.74) is 0.0857. The Hall–Kier alpha value is -3.20. The number of amides is 2. The number of carbonyl (C=O) groups is 3. The van der Waals surface area contributed by atoms with Gasteiger partial charge in [-0.15, -0.1) is 0 Å². The Morgan fingerprint density at radius 3 is 2.15 bits per heavy atom. The fourth-order valence-electron chi connectivity index (χ4n) is 4.36. The molecule has 39 heavy (non-hydrogen) atoms. The number of hydrogen-bond donors (Lipinski definition) is 2. The second kappa shape index (κ2) is 12.8. The van der Waals surface area contributed by atoms with E-state index in [4.69, 9.17) is 9.47 Å². The zero-order valence-corrected chi connectivity index (χ0v) is 25.0. The van der Waals surface area contributed by atoms with Crippen molar-refractivity contribution in [2.24, 2.45) is 24.3 Å². The smallest absolute Gasteiger partial charge is 0.336 e. The van der Waals surface area contributed by atoms with Gasteiger partial charge in [0.15, 0.2) is 6.10 Å². The Balaban J connectivity index is 2.44. The number of esters is 1. The quantitative estimate of drug-likeness (QED) is 0.442. The number of benzene rings is 1. The molecular weight excluding hydrogens is 498 g/mol. The SMILES string of the molecule is CNC(=O)[C@@H](NC(=O)[C@H](CC(C)C)[C@H](OCc1ccc2c(ccc(=O)n2C)c1)C(=O)OC(C)(C)C)C(C)(C)C. The molecule has 0 fully saturated rings. The largest absolute Gasteiger partial charge is 0.458 e. The number of ether oxygens (including phenoxy) is 2. The molecule has 0 aliphatic carbocycles. The van der Waals surface area contributed by atoms with Crippen LogP contribution >= 0.6 is 0 Å². The Bertz CT molecular complexity index is 1240. The van der Waals surface area contributed by atoms with E-state index in [0.29, 0.717) is 6.42 Å². The van der Waals surface area contributed by atoms with Crippen LogP contribution in [0.2, 0.25) is 0 Å². The van der Waals surface area contributed by atoms with Crippen LogP contribution < -0.4 is 16.2 Å². The molecule has 9 nitrogen and oxygen atoms in total. The van der Waals surface area contributed by atoms with Gasteiger partial charge < -0.3 is 24.7 Å². The molecule has 0 aliphatic heterocycles. The summed E-state index contributed by atoms with van der Waals surface area (Å²) >= 11 is 0. The van der Waals surface area contributed by atoms with Crippen molar-refractivity contribution in [3.05, 3.63) is 46.2 Å². The Morgan fingerprint density at radius 2 is 1.62 bits per heavy atom. The summed E-state index contributed by atoms with van der Waals surface area (Å²) in [7, 11) is 3.23. The molecule has 1 heterocycles. The lowest BCUT2D eigenvalue weighted by molar-refractivity contribution is -0.176. The van der Waals surface area contributed by atoms with Crippen molar-refractivity contribution in [1.82, 2.24) is 15.2 Å². The van der Waals surface area contributed by atoms with Crippen LogP contribution in [-0.2, 0) is 37.5 Å². The standard InChI is InChI=1S/C30H45N3O6/c1-18(2)15-21(26(35)32-25(27(36)31-9)29(3,4)5)24(28(37)39-30(6,7)8)38-17-19-11-13-22-20(16-19)12-14-23(34)33(22)10/h11-14,16,18,21,24-25H,15,17H2,1-10H3,(H,31,36)(H,32,35)/t21-,24+,25-/m1/s1. The Morgan fingerprint density at radius 1 is 0.974 bits per heavy atom. The van der Waals surface area contributed by atoms with Crippen molar-refractivity contribution >= 4 is 28.7 Å². The second-order valence-electron chi connectivity index (χ2n) is 12.5. The highest BCUT2D eigenvalue weighted by molar-refractivity contribution is 5.91. The molecule has 0 radical (unpaired) electrons. The topological polar surface area (TPSA) is 116 Å². The van der Waals surface area contributed by atoms with E-state index in [1.54, 1.807) is 38.5 Å². The molecule has 0 aliphatic rings. The van der Waals surface area contributed by atoms with Gasteiger partial charge in [0.25, 0.3) is 5.56 Å². The third-order valence-corrected chi connectivity index (χ3v) is 6.35. The van der Waals surface area contributed by atoms with Gasteiger partial charge >= 0.3 is 5.97 Å². The van der Waals surface area contributed by atoms with E-state index >= 15 is 0 Å². The maximum atomic E-state index is 13.7. The van der Waals surface area contributed by atoms with Crippen molar-refractivity contribution in [2.45, 2.75) is 86.2 Å². The molecule has 2 amide bonds. The number of nitrogens with one attached hydrogen (secondary N) is 2. The Kier molecular flexibility index (Phi) is 10.5. The first-order valence-corrected chi connectivity index (χ1v) is 13.4. The van der Waals surface area contributed by atoms with Gasteiger partial charge in [-0.2, -0.15) is 0 Å². The van der Waals surface area contributed by atoms with Gasteiger partial charge in [-0.05, 0) is 67.7 Å². The van der Waals surface area contributed by atoms with Crippen LogP contribution in [0, 0.1) is 17.3 Å². The fraction of sp³-hybridized carbons (Fsp3) is 0.600. The van der Waals surface area contributed by atoms with Crippen molar-refractivity contribution < 1.29 is 23.9 Å². The lowest BCUT2D eigenvalue weighted by atomic mass is 9.84. The van der Waals surface area contributed by atoms with Gasteiger partial charge in [0.05, 0.1) is 18.0 Å². The van der Waals surface area contributed by atoms with Gasteiger partial charge in [-0.3, -0.25) is 14.4 Å². The monoisotopic (exact) mass is 543 g/mol. The maximum absolute atomic E-state index is 13.7. The lowest BCUT2D eigenvalue weighted by Gasteiger charge is -2.34. The van der Waals surface area contributed by atoms with E-state index in [2.05, 4.69) is 10.6 Å². The van der Waals surface area contributed by atoms with Gasteiger partial charge in [-0.1, -0.05) is 40.7 Å². The van der Waals surface area contributed by atoms with E-state index in [9.17, 15) is 19.2 Å². The number of aryl methyl sites for hydroxylation is 1. The summed E-state index contributed by atoms with van der Waals surface area (Å²) in [6.07, 6.45) is -0.854. The molecule has 0 saturated heterocycles. The van der Waals surface area contributed by atoms with E-state index in [1.165, 1.54) is 13.1 Å². The first kappa shape index (κ1) is 32.0. The molecule has 2 N–H and O–H groups in total. The van der Waals surface area contributed by atoms with Crippen molar-refractivity contribution in [3.63, 3.8) is 0 Å². The predicted molar refractivity (Wildman–Crippen MR) is 152 cm³/mol. The second-order valence-corrected chi connectivity index (χ2v) is 12.5. The Labute approximate surface area is 231 Å². The van der Waals surface area contributed by atoms with Gasteiger partial charge in [0.1, 0.15) is 11.6 Å². The van der Waals surface area contributed by atoms with Crippen LogP contribution in [0.15, 0.2) is 35.1 Å². The first-order valence-electron chi connectivity index (χ1n) is 13.4. The van der Waals surface area contributed by atoms with Crippen LogP contribution in [0.4, 0.5) is 0 Å². The zero-order valence-electron chi connectivity index (χ0n) is 25.0. The van der Waals surface area contributed by atoms with E-state index in [1.807, 2.05) is 52.8 Å². The summed E-state index contributed by atoms with van der Waals surface area (Å²) < 4.78 is 13.4. The molecule has 3 atom stereocenters. The number of carbonyl (C=O) groups excluding carboxylic acids is 3. The third kappa shape index (κ3) is 8.92. The number of pyridine rings is 1. The fourth-order valence-corrected chi connectivity index (χ4v) is 4.36. The molecule has 0 saturated carbocycles. The van der Waals surface area contributed by atoms with Crippen LogP contribution in [0.5, 0.6) is 0 Å². The molecule has 0 unspecified atom stereocenters. The normalized spacial score (nSPS) is 14.5. The number of nitrogens with zero attached hydrogens (tertiary/aromatic N) is 1. The van der Waals surface area contributed by atoms with Crippen molar-refractivity contribution in [2.75, 3.05) is 7.05 Å². The van der Waals surface area contributed by atoms with Gasteiger partial charge in [-0.25, -0.2) is 4.79 Å². The predicted octanol–water partition coefficient (Wildman–Crippen LogP) is 3.70. The minimum Gasteiger partial charge on any atom is -0.458 e. The molecule has 2 rings (SSSR count). The molecule has 9 heteroatoms. The average Bonchev–Trinajstić information content (AvgIpc) is 2.81. The molecule has 2 aromatic rings. The summed E-state index contributed by atoms with van der Waals surface area (Å²) in [5.74, 6) is -2.24. The van der Waals surface area contributed by atoms with Crippen LogP contribution in [-0.4, -0.2) is 47.1 Å². The summed E-state index contributed by atoms with van der Waals surface area (Å²) in [6, 6.07) is 7.97. The van der Waals surface area contributed by atoms with Crippen LogP contribution in [0.1, 0.15) is 67.4 Å². The van der Waals surface area contributed by atoms with E-state index in [0.717, 1.165) is 16.5 Å². The molecule has 0 spiro atoms. The number of hydrogen-bond acceptors (Lipinski definition) is 6. The molecule has 1 aromatic heterocycles. The molecular formula is C30H45N3O6.